The third-order valence-corrected chi connectivity index (χ3v) is 2.56. The molecule has 1 rings (SSSR count). The van der Waals surface area contributed by atoms with Gasteiger partial charge in [-0.05, 0) is 31.0 Å². The second kappa shape index (κ2) is 8.22. The first-order chi connectivity index (χ1) is 9.56. The number of aliphatic hydroxyl groups excluding tert-OH is 1. The highest BCUT2D eigenvalue weighted by Crippen LogP contribution is 2.28. The normalized spacial score (nSPS) is 11.6. The minimum atomic E-state index is -0.577. The quantitative estimate of drug-likeness (QED) is 0.704. The Hall–Kier alpha value is -2.01. The van der Waals surface area contributed by atoms with Gasteiger partial charge in [0.15, 0.2) is 18.1 Å². The Balaban J connectivity index is 2.58. The molecule has 0 saturated heterocycles. The first-order valence-electron chi connectivity index (χ1n) is 6.42. The number of rotatable bonds is 8. The summed E-state index contributed by atoms with van der Waals surface area (Å²) in [6.45, 7) is 5.37. The number of ether oxygens (including phenoxy) is 2. The smallest absolute Gasteiger partial charge is 0.258 e. The molecule has 0 aliphatic rings. The summed E-state index contributed by atoms with van der Waals surface area (Å²) in [7, 11) is 1.55. The highest BCUT2D eigenvalue weighted by molar-refractivity contribution is 5.77. The number of carbonyl (C=O) groups is 1. The number of nitrogens with one attached hydrogen (secondary N) is 1. The molecule has 5 heteroatoms. The van der Waals surface area contributed by atoms with Crippen LogP contribution in [0.4, 0.5) is 0 Å². The van der Waals surface area contributed by atoms with Crippen molar-refractivity contribution in [2.24, 2.45) is 0 Å². The fourth-order valence-corrected chi connectivity index (χ4v) is 1.58. The summed E-state index contributed by atoms with van der Waals surface area (Å²) >= 11 is 0. The van der Waals surface area contributed by atoms with Gasteiger partial charge in [-0.2, -0.15) is 0 Å². The van der Waals surface area contributed by atoms with E-state index in [1.807, 2.05) is 12.1 Å². The van der Waals surface area contributed by atoms with Crippen LogP contribution < -0.4 is 14.8 Å². The maximum atomic E-state index is 11.5. The van der Waals surface area contributed by atoms with E-state index in [4.69, 9.17) is 14.6 Å². The van der Waals surface area contributed by atoms with E-state index in [9.17, 15) is 4.79 Å². The van der Waals surface area contributed by atoms with E-state index >= 15 is 0 Å². The molecule has 1 aromatic rings. The molecule has 1 amide bonds. The number of methoxy groups -OCH3 is 1. The first kappa shape index (κ1) is 16.0. The highest BCUT2D eigenvalue weighted by Gasteiger charge is 2.08. The van der Waals surface area contributed by atoms with Gasteiger partial charge >= 0.3 is 0 Å². The fraction of sp³-hybridized carbons (Fsp3) is 0.400. The number of benzene rings is 1. The van der Waals surface area contributed by atoms with Crippen LogP contribution in [0.5, 0.6) is 11.5 Å². The summed E-state index contributed by atoms with van der Waals surface area (Å²) in [6, 6.07) is 5.51. The maximum Gasteiger partial charge on any atom is 0.258 e. The molecule has 1 aromatic carbocycles. The fourth-order valence-electron chi connectivity index (χ4n) is 1.58. The van der Waals surface area contributed by atoms with Crippen molar-refractivity contribution in [2.45, 2.75) is 19.4 Å². The van der Waals surface area contributed by atoms with Gasteiger partial charge in [-0.25, -0.2) is 0 Å². The van der Waals surface area contributed by atoms with Crippen LogP contribution in [0.3, 0.4) is 0 Å². The van der Waals surface area contributed by atoms with E-state index in [0.29, 0.717) is 11.5 Å². The predicted octanol–water partition coefficient (Wildman–Crippen LogP) is 1.30. The minimum absolute atomic E-state index is 0.121. The van der Waals surface area contributed by atoms with Crippen molar-refractivity contribution in [1.82, 2.24) is 5.32 Å². The van der Waals surface area contributed by atoms with Gasteiger partial charge in [0, 0.05) is 6.54 Å². The topological polar surface area (TPSA) is 67.8 Å². The second-order valence-electron chi connectivity index (χ2n) is 4.42. The lowest BCUT2D eigenvalue weighted by atomic mass is 10.1. The molecule has 5 nitrogen and oxygen atoms in total. The molecule has 0 bridgehead atoms. The molecule has 1 atom stereocenters. The number of carbonyl (C=O) groups excluding carboxylic acids is 1. The van der Waals surface area contributed by atoms with Crippen LogP contribution in [0.1, 0.15) is 12.5 Å². The number of aliphatic hydroxyl groups is 1. The molecule has 0 spiro atoms. The largest absolute Gasteiger partial charge is 0.493 e. The number of amides is 1. The zero-order chi connectivity index (χ0) is 15.0. The molecule has 0 aliphatic heterocycles. The zero-order valence-corrected chi connectivity index (χ0v) is 11.9. The summed E-state index contributed by atoms with van der Waals surface area (Å²) in [5.41, 5.74) is 1.06. The lowest BCUT2D eigenvalue weighted by Gasteiger charge is -2.12. The van der Waals surface area contributed by atoms with E-state index in [-0.39, 0.29) is 19.1 Å². The first-order valence-corrected chi connectivity index (χ1v) is 6.42. The Morgan fingerprint density at radius 1 is 1.50 bits per heavy atom. The summed E-state index contributed by atoms with van der Waals surface area (Å²) in [6.07, 6.45) is 1.97. The van der Waals surface area contributed by atoms with Gasteiger partial charge in [0.25, 0.3) is 5.91 Å². The van der Waals surface area contributed by atoms with E-state index in [2.05, 4.69) is 11.9 Å². The molecular formula is C15H21NO4. The average molecular weight is 279 g/mol. The molecule has 0 heterocycles. The molecular weight excluding hydrogens is 258 g/mol. The summed E-state index contributed by atoms with van der Waals surface area (Å²) in [5.74, 6) is 0.795. The lowest BCUT2D eigenvalue weighted by molar-refractivity contribution is -0.123. The van der Waals surface area contributed by atoms with E-state index in [1.165, 1.54) is 0 Å². The van der Waals surface area contributed by atoms with Crippen LogP contribution in [0.2, 0.25) is 0 Å². The van der Waals surface area contributed by atoms with Crippen LogP contribution >= 0.6 is 0 Å². The summed E-state index contributed by atoms with van der Waals surface area (Å²) in [4.78, 5) is 11.5. The third-order valence-electron chi connectivity index (χ3n) is 2.56. The van der Waals surface area contributed by atoms with Gasteiger partial charge < -0.3 is 19.9 Å². The van der Waals surface area contributed by atoms with Crippen molar-refractivity contribution in [3.63, 3.8) is 0 Å². The predicted molar refractivity (Wildman–Crippen MR) is 77.1 cm³/mol. The summed E-state index contributed by atoms with van der Waals surface area (Å²) < 4.78 is 10.6. The third kappa shape index (κ3) is 5.32. The maximum absolute atomic E-state index is 11.5. The number of hydrogen-bond acceptors (Lipinski definition) is 4. The van der Waals surface area contributed by atoms with Crippen LogP contribution in [0.25, 0.3) is 0 Å². The second-order valence-corrected chi connectivity index (χ2v) is 4.42. The van der Waals surface area contributed by atoms with Crippen LogP contribution in [0.15, 0.2) is 30.9 Å². The van der Waals surface area contributed by atoms with Gasteiger partial charge in [-0.1, -0.05) is 12.1 Å². The van der Waals surface area contributed by atoms with Gasteiger partial charge in [0.1, 0.15) is 0 Å². The van der Waals surface area contributed by atoms with Crippen LogP contribution in [-0.2, 0) is 11.2 Å². The molecule has 0 aromatic heterocycles. The Morgan fingerprint density at radius 2 is 2.25 bits per heavy atom. The Bertz CT molecular complexity index is 457. The van der Waals surface area contributed by atoms with Gasteiger partial charge in [-0.3, -0.25) is 4.79 Å². The molecule has 0 aliphatic carbocycles. The van der Waals surface area contributed by atoms with Crippen molar-refractivity contribution in [2.75, 3.05) is 20.3 Å². The molecule has 1 unspecified atom stereocenters. The van der Waals surface area contributed by atoms with E-state index < -0.39 is 6.10 Å². The molecule has 20 heavy (non-hydrogen) atoms. The van der Waals surface area contributed by atoms with Crippen molar-refractivity contribution in [3.05, 3.63) is 36.4 Å². The molecule has 2 N–H and O–H groups in total. The minimum Gasteiger partial charge on any atom is -0.493 e. The Labute approximate surface area is 119 Å². The number of allylic oxidation sites excluding steroid dienone is 1. The molecule has 110 valence electrons. The van der Waals surface area contributed by atoms with Crippen LogP contribution in [0, 0.1) is 0 Å². The van der Waals surface area contributed by atoms with Gasteiger partial charge in [-0.15, -0.1) is 6.58 Å². The van der Waals surface area contributed by atoms with Crippen molar-refractivity contribution < 1.29 is 19.4 Å². The van der Waals surface area contributed by atoms with E-state index in [0.717, 1.165) is 12.0 Å². The number of hydrogen-bond donors (Lipinski definition) is 2. The Kier molecular flexibility index (Phi) is 6.59. The summed E-state index contributed by atoms with van der Waals surface area (Å²) in [5, 5.41) is 11.6. The van der Waals surface area contributed by atoms with E-state index in [1.54, 1.807) is 26.2 Å². The SMILES string of the molecule is C=CCc1ccc(OCC(=O)NCC(C)O)c(OC)c1. The van der Waals surface area contributed by atoms with Crippen molar-refractivity contribution >= 4 is 5.91 Å². The standard InChI is InChI=1S/C15H21NO4/c1-4-5-12-6-7-13(14(8-12)19-3)20-10-15(18)16-9-11(2)17/h4,6-8,11,17H,1,5,9-10H2,2-3H3,(H,16,18). The van der Waals surface area contributed by atoms with Crippen molar-refractivity contribution in [1.29, 1.82) is 0 Å². The highest BCUT2D eigenvalue weighted by atomic mass is 16.5. The average Bonchev–Trinajstić information content (AvgIpc) is 2.43. The molecule has 0 fully saturated rings. The van der Waals surface area contributed by atoms with Gasteiger partial charge in [0.2, 0.25) is 0 Å². The lowest BCUT2D eigenvalue weighted by Crippen LogP contribution is -2.34. The molecule has 0 radical (unpaired) electrons. The van der Waals surface area contributed by atoms with Crippen molar-refractivity contribution in [3.8, 4) is 11.5 Å². The van der Waals surface area contributed by atoms with Crippen LogP contribution in [-0.4, -0.2) is 37.4 Å². The zero-order valence-electron chi connectivity index (χ0n) is 11.9. The van der Waals surface area contributed by atoms with Gasteiger partial charge in [0.05, 0.1) is 13.2 Å². The monoisotopic (exact) mass is 279 g/mol. The molecule has 0 saturated carbocycles. The Morgan fingerprint density at radius 3 is 2.85 bits per heavy atom.